The van der Waals surface area contributed by atoms with Gasteiger partial charge in [0.2, 0.25) is 0 Å². The van der Waals surface area contributed by atoms with Crippen LogP contribution in [0.1, 0.15) is 24.7 Å². The van der Waals surface area contributed by atoms with E-state index in [0.29, 0.717) is 23.6 Å². The molecule has 0 aliphatic carbocycles. The summed E-state index contributed by atoms with van der Waals surface area (Å²) in [6, 6.07) is 8.68. The van der Waals surface area contributed by atoms with Crippen molar-refractivity contribution in [2.45, 2.75) is 18.9 Å². The Morgan fingerprint density at radius 2 is 2.21 bits per heavy atom. The molecule has 1 N–H and O–H groups in total. The number of carbonyl (C=O) groups excluding carboxylic acids is 2. The van der Waals surface area contributed by atoms with Crippen LogP contribution in [-0.4, -0.2) is 23.3 Å². The number of hydrogen-bond acceptors (Lipinski definition) is 4. The molecule has 0 spiro atoms. The number of rotatable bonds is 5. The molecule has 1 aromatic heterocycles. The van der Waals surface area contributed by atoms with Gasteiger partial charge in [0.25, 0.3) is 5.91 Å². The summed E-state index contributed by atoms with van der Waals surface area (Å²) in [6.07, 6.45) is 4.02. The number of benzene rings is 1. The van der Waals surface area contributed by atoms with E-state index < -0.39 is 11.5 Å². The molecule has 6 heteroatoms. The Hall–Kier alpha value is -2.18. The maximum Gasteiger partial charge on any atom is 0.264 e. The highest BCUT2D eigenvalue weighted by atomic mass is 79.9. The van der Waals surface area contributed by atoms with Gasteiger partial charge in [-0.25, -0.2) is 0 Å². The number of fused-ring (bicyclic) bond motifs is 1. The Morgan fingerprint density at radius 3 is 2.88 bits per heavy atom. The van der Waals surface area contributed by atoms with Crippen molar-refractivity contribution < 1.29 is 19.1 Å². The average Bonchev–Trinajstić information content (AvgIpc) is 3.13. The standard InChI is InChI=1S/C18H16BrNO4/c1-2-20-16-8-5-12(19)10-15(16)18(23,17(20)22)11-13(21)6-7-14-4-3-9-24-14/h3-10,23H,2,11H2,1H3/b7-6+. The van der Waals surface area contributed by atoms with E-state index in [1.807, 2.05) is 6.92 Å². The van der Waals surface area contributed by atoms with E-state index in [2.05, 4.69) is 15.9 Å². The lowest BCUT2D eigenvalue weighted by Gasteiger charge is -2.21. The number of halogens is 1. The van der Waals surface area contributed by atoms with Crippen LogP contribution in [0.2, 0.25) is 0 Å². The van der Waals surface area contributed by atoms with Gasteiger partial charge in [-0.05, 0) is 49.4 Å². The van der Waals surface area contributed by atoms with Gasteiger partial charge in [-0.1, -0.05) is 15.9 Å². The van der Waals surface area contributed by atoms with Crippen LogP contribution in [0, 0.1) is 0 Å². The summed E-state index contributed by atoms with van der Waals surface area (Å²) in [5.74, 6) is -0.296. The number of aliphatic hydroxyl groups is 1. The lowest BCUT2D eigenvalue weighted by molar-refractivity contribution is -0.140. The quantitative estimate of drug-likeness (QED) is 0.796. The van der Waals surface area contributed by atoms with Crippen molar-refractivity contribution in [3.8, 4) is 0 Å². The first-order valence-corrected chi connectivity index (χ1v) is 8.34. The van der Waals surface area contributed by atoms with E-state index in [0.717, 1.165) is 4.47 Å². The molecule has 2 heterocycles. The fourth-order valence-corrected chi connectivity index (χ4v) is 3.24. The van der Waals surface area contributed by atoms with Crippen LogP contribution >= 0.6 is 15.9 Å². The van der Waals surface area contributed by atoms with Gasteiger partial charge >= 0.3 is 0 Å². The molecule has 1 aromatic carbocycles. The average molecular weight is 390 g/mol. The molecule has 24 heavy (non-hydrogen) atoms. The molecule has 0 bridgehead atoms. The van der Waals surface area contributed by atoms with Gasteiger partial charge in [0.15, 0.2) is 11.4 Å². The molecule has 1 amide bonds. The van der Waals surface area contributed by atoms with Crippen LogP contribution in [0.25, 0.3) is 6.08 Å². The number of furan rings is 1. The summed E-state index contributed by atoms with van der Waals surface area (Å²) < 4.78 is 5.86. The predicted molar refractivity (Wildman–Crippen MR) is 93.4 cm³/mol. The van der Waals surface area contributed by atoms with Crippen molar-refractivity contribution >= 4 is 39.4 Å². The molecule has 1 aliphatic heterocycles. The first-order valence-electron chi connectivity index (χ1n) is 7.54. The molecule has 3 rings (SSSR count). The van der Waals surface area contributed by atoms with Gasteiger partial charge in [0, 0.05) is 16.6 Å². The second-order valence-electron chi connectivity index (χ2n) is 5.56. The lowest BCUT2D eigenvalue weighted by atomic mass is 9.90. The SMILES string of the molecule is CCN1C(=O)C(O)(CC(=O)/C=C/c2ccco2)c2cc(Br)ccc21. The zero-order chi connectivity index (χ0) is 17.3. The number of amides is 1. The molecule has 1 unspecified atom stereocenters. The Bertz CT molecular complexity index is 812. The third-order valence-electron chi connectivity index (χ3n) is 4.02. The van der Waals surface area contributed by atoms with Crippen molar-refractivity contribution in [2.24, 2.45) is 0 Å². The molecule has 2 aromatic rings. The fraction of sp³-hybridized carbons (Fsp3) is 0.222. The van der Waals surface area contributed by atoms with Gasteiger partial charge in [0.05, 0.1) is 18.4 Å². The highest BCUT2D eigenvalue weighted by molar-refractivity contribution is 9.10. The minimum absolute atomic E-state index is 0.316. The number of anilines is 1. The van der Waals surface area contributed by atoms with E-state index in [4.69, 9.17) is 4.42 Å². The monoisotopic (exact) mass is 389 g/mol. The molecule has 5 nitrogen and oxygen atoms in total. The van der Waals surface area contributed by atoms with E-state index in [-0.39, 0.29) is 12.2 Å². The Kier molecular flexibility index (Phi) is 4.43. The number of likely N-dealkylation sites (N-methyl/N-ethyl adjacent to an activating group) is 1. The topological polar surface area (TPSA) is 70.8 Å². The zero-order valence-electron chi connectivity index (χ0n) is 13.0. The van der Waals surface area contributed by atoms with Crippen LogP contribution in [0.15, 0.2) is 51.6 Å². The van der Waals surface area contributed by atoms with Crippen molar-refractivity contribution in [1.82, 2.24) is 0 Å². The second-order valence-corrected chi connectivity index (χ2v) is 6.48. The molecular weight excluding hydrogens is 374 g/mol. The van der Waals surface area contributed by atoms with Gasteiger partial charge in [-0.15, -0.1) is 0 Å². The smallest absolute Gasteiger partial charge is 0.264 e. The second kappa shape index (κ2) is 6.37. The van der Waals surface area contributed by atoms with Crippen molar-refractivity contribution in [2.75, 3.05) is 11.4 Å². The lowest BCUT2D eigenvalue weighted by Crippen LogP contribution is -2.41. The van der Waals surface area contributed by atoms with Gasteiger partial charge < -0.3 is 14.4 Å². The summed E-state index contributed by atoms with van der Waals surface area (Å²) in [4.78, 5) is 26.4. The van der Waals surface area contributed by atoms with E-state index in [1.54, 1.807) is 30.3 Å². The van der Waals surface area contributed by atoms with Crippen LogP contribution in [-0.2, 0) is 15.2 Å². The third-order valence-corrected chi connectivity index (χ3v) is 4.51. The van der Waals surface area contributed by atoms with E-state index in [9.17, 15) is 14.7 Å². The molecule has 0 saturated carbocycles. The molecule has 1 atom stereocenters. The number of nitrogens with zero attached hydrogens (tertiary/aromatic N) is 1. The predicted octanol–water partition coefficient (Wildman–Crippen LogP) is 3.27. The minimum Gasteiger partial charge on any atom is -0.465 e. The molecule has 0 saturated heterocycles. The highest BCUT2D eigenvalue weighted by Gasteiger charge is 2.50. The van der Waals surface area contributed by atoms with Crippen molar-refractivity contribution in [1.29, 1.82) is 0 Å². The maximum absolute atomic E-state index is 12.7. The summed E-state index contributed by atoms with van der Waals surface area (Å²) in [6.45, 7) is 2.25. The summed E-state index contributed by atoms with van der Waals surface area (Å²) >= 11 is 3.35. The largest absolute Gasteiger partial charge is 0.465 e. The van der Waals surface area contributed by atoms with Crippen molar-refractivity contribution in [3.05, 3.63) is 58.5 Å². The summed E-state index contributed by atoms with van der Waals surface area (Å²) in [5, 5.41) is 11.0. The van der Waals surface area contributed by atoms with Gasteiger partial charge in [-0.3, -0.25) is 9.59 Å². The number of hydrogen-bond donors (Lipinski definition) is 1. The Labute approximate surface area is 147 Å². The van der Waals surface area contributed by atoms with Gasteiger partial charge in [-0.2, -0.15) is 0 Å². The van der Waals surface area contributed by atoms with Crippen LogP contribution in [0.3, 0.4) is 0 Å². The zero-order valence-corrected chi connectivity index (χ0v) is 14.6. The minimum atomic E-state index is -1.85. The number of carbonyl (C=O) groups is 2. The van der Waals surface area contributed by atoms with Gasteiger partial charge in [0.1, 0.15) is 5.76 Å². The first-order chi connectivity index (χ1) is 11.5. The Morgan fingerprint density at radius 1 is 1.42 bits per heavy atom. The fourth-order valence-electron chi connectivity index (χ4n) is 2.88. The van der Waals surface area contributed by atoms with Crippen LogP contribution < -0.4 is 4.90 Å². The van der Waals surface area contributed by atoms with Crippen LogP contribution in [0.4, 0.5) is 5.69 Å². The van der Waals surface area contributed by atoms with Crippen LogP contribution in [0.5, 0.6) is 0 Å². The highest BCUT2D eigenvalue weighted by Crippen LogP contribution is 2.43. The van der Waals surface area contributed by atoms with Crippen molar-refractivity contribution in [3.63, 3.8) is 0 Å². The van der Waals surface area contributed by atoms with E-state index in [1.165, 1.54) is 23.3 Å². The molecule has 124 valence electrons. The number of allylic oxidation sites excluding steroid dienone is 1. The third kappa shape index (κ3) is 2.83. The molecular formula is C18H16BrNO4. The summed E-state index contributed by atoms with van der Waals surface area (Å²) in [7, 11) is 0. The maximum atomic E-state index is 12.7. The molecule has 0 radical (unpaired) electrons. The molecule has 0 fully saturated rings. The first kappa shape index (κ1) is 16.7. The normalized spacial score (nSPS) is 20.0. The van der Waals surface area contributed by atoms with E-state index >= 15 is 0 Å². The number of ketones is 1. The summed E-state index contributed by atoms with van der Waals surface area (Å²) in [5.41, 5.74) is -0.765. The Balaban J connectivity index is 1.90. The molecule has 1 aliphatic rings.